The van der Waals surface area contributed by atoms with Crippen LogP contribution in [0.2, 0.25) is 0 Å². The second-order valence-corrected chi connectivity index (χ2v) is 10.4. The van der Waals surface area contributed by atoms with E-state index in [9.17, 15) is 4.79 Å². The van der Waals surface area contributed by atoms with Crippen molar-refractivity contribution in [2.75, 3.05) is 69.1 Å². The molecule has 0 unspecified atom stereocenters. The van der Waals surface area contributed by atoms with Gasteiger partial charge in [-0.25, -0.2) is 0 Å². The maximum absolute atomic E-state index is 12.5. The number of methoxy groups -OCH3 is 1. The van der Waals surface area contributed by atoms with E-state index in [4.69, 9.17) is 19.9 Å². The van der Waals surface area contributed by atoms with Crippen molar-refractivity contribution in [1.29, 1.82) is 0 Å². The molecule has 1 saturated carbocycles. The first kappa shape index (κ1) is 31.9. The molecule has 1 aromatic heterocycles. The van der Waals surface area contributed by atoms with Gasteiger partial charge in [-0.3, -0.25) is 4.79 Å². The summed E-state index contributed by atoms with van der Waals surface area (Å²) in [4.78, 5) is 26.4. The molecule has 6 N–H and O–H groups in total. The molecule has 0 saturated heterocycles. The molecule has 1 fully saturated rings. The minimum atomic E-state index is -0.172. The largest absolute Gasteiger partial charge is 0.497 e. The van der Waals surface area contributed by atoms with Crippen LogP contribution in [0.25, 0.3) is 0 Å². The fraction of sp³-hybridized carbons (Fsp3) is 0.484. The average Bonchev–Trinajstić information content (AvgIpc) is 3.05. The maximum atomic E-state index is 12.5. The van der Waals surface area contributed by atoms with Crippen molar-refractivity contribution in [3.05, 3.63) is 59.7 Å². The predicted octanol–water partition coefficient (Wildman–Crippen LogP) is 3.95. The van der Waals surface area contributed by atoms with Crippen LogP contribution in [0, 0.1) is 5.92 Å². The number of anilines is 4. The number of hydrogen-bond donors (Lipinski definition) is 5. The van der Waals surface area contributed by atoms with E-state index in [0.717, 1.165) is 23.5 Å². The number of nitrogens with one attached hydrogen (secondary N) is 4. The predicted molar refractivity (Wildman–Crippen MR) is 168 cm³/mol. The van der Waals surface area contributed by atoms with Gasteiger partial charge in [0.2, 0.25) is 17.8 Å². The van der Waals surface area contributed by atoms with E-state index in [1.165, 1.54) is 32.1 Å². The summed E-state index contributed by atoms with van der Waals surface area (Å²) in [5.74, 6) is 2.64. The summed E-state index contributed by atoms with van der Waals surface area (Å²) in [5, 5.41) is 12.8. The number of amides is 1. The van der Waals surface area contributed by atoms with Gasteiger partial charge < -0.3 is 41.2 Å². The lowest BCUT2D eigenvalue weighted by atomic mass is 9.89. The Hall–Kier alpha value is -4.00. The van der Waals surface area contributed by atoms with Crippen LogP contribution in [0.4, 0.5) is 23.5 Å². The van der Waals surface area contributed by atoms with E-state index in [-0.39, 0.29) is 5.91 Å². The summed E-state index contributed by atoms with van der Waals surface area (Å²) in [6.45, 7) is 4.14. The zero-order chi connectivity index (χ0) is 30.1. The number of nitrogens with two attached hydrogens (primary N) is 1. The van der Waals surface area contributed by atoms with E-state index in [2.05, 4.69) is 36.2 Å². The van der Waals surface area contributed by atoms with Gasteiger partial charge in [0, 0.05) is 37.4 Å². The van der Waals surface area contributed by atoms with Gasteiger partial charge in [-0.2, -0.15) is 15.0 Å². The second-order valence-electron chi connectivity index (χ2n) is 10.4. The molecule has 0 radical (unpaired) electrons. The highest BCUT2D eigenvalue weighted by Gasteiger charge is 2.15. The van der Waals surface area contributed by atoms with Gasteiger partial charge >= 0.3 is 0 Å². The fourth-order valence-corrected chi connectivity index (χ4v) is 4.72. The second kappa shape index (κ2) is 17.8. The number of nitrogens with zero attached hydrogens (tertiary/aromatic N) is 3. The number of carbonyl (C=O) groups is 1. The molecule has 1 aliphatic rings. The highest BCUT2D eigenvalue weighted by Crippen LogP contribution is 2.24. The Balaban J connectivity index is 1.33. The van der Waals surface area contributed by atoms with Crippen LogP contribution in [0.5, 0.6) is 5.75 Å². The van der Waals surface area contributed by atoms with Crippen molar-refractivity contribution in [3.63, 3.8) is 0 Å². The van der Waals surface area contributed by atoms with Crippen LogP contribution in [0.15, 0.2) is 48.5 Å². The van der Waals surface area contributed by atoms with Crippen molar-refractivity contribution >= 4 is 29.4 Å². The topological polar surface area (TPSA) is 158 Å². The highest BCUT2D eigenvalue weighted by atomic mass is 16.5. The Morgan fingerprint density at radius 2 is 1.51 bits per heavy atom. The molecule has 2 aromatic carbocycles. The summed E-state index contributed by atoms with van der Waals surface area (Å²) in [6, 6.07) is 15.0. The van der Waals surface area contributed by atoms with Crippen molar-refractivity contribution in [2.24, 2.45) is 11.7 Å². The fourth-order valence-electron chi connectivity index (χ4n) is 4.72. The molecule has 12 nitrogen and oxygen atoms in total. The molecule has 0 aliphatic heterocycles. The Labute approximate surface area is 253 Å². The van der Waals surface area contributed by atoms with Crippen LogP contribution in [-0.4, -0.2) is 74.0 Å². The van der Waals surface area contributed by atoms with Crippen LogP contribution < -0.4 is 31.7 Å². The Bertz CT molecular complexity index is 1240. The summed E-state index contributed by atoms with van der Waals surface area (Å²) in [5.41, 5.74) is 7.75. The molecule has 3 aromatic rings. The molecule has 1 amide bonds. The zero-order valence-electron chi connectivity index (χ0n) is 24.9. The molecule has 1 heterocycles. The Morgan fingerprint density at radius 3 is 2.21 bits per heavy atom. The third-order valence-corrected chi connectivity index (χ3v) is 7.09. The number of carbonyl (C=O) groups excluding carboxylic acids is 1. The lowest BCUT2D eigenvalue weighted by Gasteiger charge is -2.21. The maximum Gasteiger partial charge on any atom is 0.251 e. The third-order valence-electron chi connectivity index (χ3n) is 7.09. The summed E-state index contributed by atoms with van der Waals surface area (Å²) in [7, 11) is 1.65. The van der Waals surface area contributed by atoms with E-state index in [0.29, 0.717) is 75.4 Å². The quantitative estimate of drug-likeness (QED) is 0.136. The molecule has 0 atom stereocenters. The number of aromatic nitrogens is 3. The van der Waals surface area contributed by atoms with Crippen molar-refractivity contribution in [1.82, 2.24) is 20.3 Å². The number of rotatable bonds is 18. The van der Waals surface area contributed by atoms with Gasteiger partial charge in [0.25, 0.3) is 5.91 Å². The normalized spacial score (nSPS) is 13.3. The zero-order valence-corrected chi connectivity index (χ0v) is 24.9. The van der Waals surface area contributed by atoms with Gasteiger partial charge in [-0.15, -0.1) is 0 Å². The SMILES string of the molecule is COc1ccc(CNc2nc(NCC3CCCCC3)nc(Nc3ccc(C(=O)NCCOCCOCCN)cc3)n2)cc1. The Kier molecular flexibility index (Phi) is 13.2. The smallest absolute Gasteiger partial charge is 0.251 e. The van der Waals surface area contributed by atoms with Crippen molar-refractivity contribution < 1.29 is 19.0 Å². The van der Waals surface area contributed by atoms with Gasteiger partial charge in [0.1, 0.15) is 5.75 Å². The molecule has 43 heavy (non-hydrogen) atoms. The molecule has 1 aliphatic carbocycles. The average molecular weight is 593 g/mol. The van der Waals surface area contributed by atoms with Gasteiger partial charge in [0.15, 0.2) is 0 Å². The van der Waals surface area contributed by atoms with Gasteiger partial charge in [0.05, 0.1) is 33.5 Å². The first-order chi connectivity index (χ1) is 21.1. The number of benzene rings is 2. The summed E-state index contributed by atoms with van der Waals surface area (Å²) in [6.07, 6.45) is 6.32. The van der Waals surface area contributed by atoms with E-state index < -0.39 is 0 Å². The minimum Gasteiger partial charge on any atom is -0.497 e. The molecule has 4 rings (SSSR count). The van der Waals surface area contributed by atoms with E-state index in [1.54, 1.807) is 19.2 Å². The highest BCUT2D eigenvalue weighted by molar-refractivity contribution is 5.94. The van der Waals surface area contributed by atoms with Crippen LogP contribution in [0.1, 0.15) is 48.0 Å². The van der Waals surface area contributed by atoms with Crippen molar-refractivity contribution in [3.8, 4) is 5.75 Å². The van der Waals surface area contributed by atoms with Crippen LogP contribution in [0.3, 0.4) is 0 Å². The van der Waals surface area contributed by atoms with Gasteiger partial charge in [-0.05, 0) is 60.7 Å². The van der Waals surface area contributed by atoms with Crippen LogP contribution in [-0.2, 0) is 16.0 Å². The molecular formula is C31H44N8O4. The number of hydrogen-bond acceptors (Lipinski definition) is 11. The standard InChI is InChI=1S/C31H44N8O4/c1-41-27-13-7-24(8-14-27)22-35-30-37-29(34-21-23-5-3-2-4-6-23)38-31(39-30)36-26-11-9-25(10-12-26)28(40)33-16-18-43-20-19-42-17-15-32/h7-14,23H,2-6,15-22,32H2,1H3,(H,33,40)(H3,34,35,36,37,38,39). The first-order valence-electron chi connectivity index (χ1n) is 15.0. The molecule has 0 spiro atoms. The monoisotopic (exact) mass is 592 g/mol. The van der Waals surface area contributed by atoms with Crippen LogP contribution >= 0.6 is 0 Å². The Morgan fingerprint density at radius 1 is 0.837 bits per heavy atom. The van der Waals surface area contributed by atoms with Gasteiger partial charge in [-0.1, -0.05) is 31.4 Å². The van der Waals surface area contributed by atoms with E-state index >= 15 is 0 Å². The number of ether oxygens (including phenoxy) is 3. The molecule has 12 heteroatoms. The molecule has 0 bridgehead atoms. The summed E-state index contributed by atoms with van der Waals surface area (Å²) < 4.78 is 16.0. The summed E-state index contributed by atoms with van der Waals surface area (Å²) >= 11 is 0. The first-order valence-corrected chi connectivity index (χ1v) is 15.0. The third kappa shape index (κ3) is 11.3. The minimum absolute atomic E-state index is 0.172. The van der Waals surface area contributed by atoms with E-state index in [1.807, 2.05) is 36.4 Å². The van der Waals surface area contributed by atoms with Crippen molar-refractivity contribution in [2.45, 2.75) is 38.6 Å². The lowest BCUT2D eigenvalue weighted by molar-refractivity contribution is 0.0511. The molecular weight excluding hydrogens is 548 g/mol. The molecule has 232 valence electrons. The lowest BCUT2D eigenvalue weighted by Crippen LogP contribution is -2.27.